The topological polar surface area (TPSA) is 63.6 Å². The molecule has 108 valence electrons. The Hall–Kier alpha value is -2.43. The van der Waals surface area contributed by atoms with Crippen LogP contribution in [0.2, 0.25) is 0 Å². The molecule has 0 bridgehead atoms. The van der Waals surface area contributed by atoms with Gasteiger partial charge >= 0.3 is 0 Å². The highest BCUT2D eigenvalue weighted by Crippen LogP contribution is 2.25. The molecule has 0 saturated heterocycles. The van der Waals surface area contributed by atoms with Gasteiger partial charge < -0.3 is 4.98 Å². The fourth-order valence-corrected chi connectivity index (χ4v) is 2.54. The van der Waals surface area contributed by atoms with Crippen molar-refractivity contribution >= 4 is 11.0 Å². The van der Waals surface area contributed by atoms with Gasteiger partial charge in [-0.1, -0.05) is 45.0 Å². The minimum Gasteiger partial charge on any atom is -0.343 e. The third-order valence-corrected chi connectivity index (χ3v) is 3.58. The summed E-state index contributed by atoms with van der Waals surface area (Å²) in [6.45, 7) is 6.95. The Morgan fingerprint density at radius 2 is 2.00 bits per heavy atom. The third-order valence-electron chi connectivity index (χ3n) is 3.58. The molecule has 0 unspecified atom stereocenters. The summed E-state index contributed by atoms with van der Waals surface area (Å²) in [4.78, 5) is 19.3. The van der Waals surface area contributed by atoms with Gasteiger partial charge in [0.2, 0.25) is 0 Å². The van der Waals surface area contributed by atoms with Gasteiger partial charge in [-0.05, 0) is 16.5 Å². The maximum absolute atomic E-state index is 12.4. The molecule has 2 heterocycles. The fourth-order valence-electron chi connectivity index (χ4n) is 2.54. The molecule has 0 radical (unpaired) electrons. The number of aromatic amines is 1. The lowest BCUT2D eigenvalue weighted by molar-refractivity contribution is 0.566. The SMILES string of the molecule is CC(C)(C)c1ccccc1Cn1ncc2[nH]cnc2c1=O. The van der Waals surface area contributed by atoms with E-state index in [0.717, 1.165) is 5.56 Å². The average Bonchev–Trinajstić information content (AvgIpc) is 2.90. The van der Waals surface area contributed by atoms with Crippen LogP contribution in [-0.2, 0) is 12.0 Å². The Balaban J connectivity index is 2.07. The standard InChI is InChI=1S/C16H18N4O/c1-16(2,3)12-7-5-4-6-11(12)9-20-15(21)14-13(8-19-20)17-10-18-14/h4-8,10H,9H2,1-3H3,(H,17,18). The van der Waals surface area contributed by atoms with Gasteiger partial charge in [-0.3, -0.25) is 4.79 Å². The summed E-state index contributed by atoms with van der Waals surface area (Å²) >= 11 is 0. The Bertz CT molecular complexity index is 839. The van der Waals surface area contributed by atoms with Crippen LogP contribution in [0.3, 0.4) is 0 Å². The molecule has 0 saturated carbocycles. The predicted octanol–water partition coefficient (Wildman–Crippen LogP) is 2.47. The molecule has 0 spiro atoms. The van der Waals surface area contributed by atoms with E-state index in [1.54, 1.807) is 6.20 Å². The summed E-state index contributed by atoms with van der Waals surface area (Å²) in [6.07, 6.45) is 3.16. The molecule has 3 aromatic rings. The minimum absolute atomic E-state index is 0.0244. The van der Waals surface area contributed by atoms with Gasteiger partial charge in [-0.25, -0.2) is 9.67 Å². The van der Waals surface area contributed by atoms with Gasteiger partial charge in [-0.2, -0.15) is 5.10 Å². The van der Waals surface area contributed by atoms with Crippen molar-refractivity contribution in [1.82, 2.24) is 19.7 Å². The maximum atomic E-state index is 12.4. The molecule has 21 heavy (non-hydrogen) atoms. The van der Waals surface area contributed by atoms with E-state index in [2.05, 4.69) is 41.9 Å². The van der Waals surface area contributed by atoms with Crippen molar-refractivity contribution < 1.29 is 0 Å². The summed E-state index contributed by atoms with van der Waals surface area (Å²) in [5, 5.41) is 4.23. The van der Waals surface area contributed by atoms with E-state index in [9.17, 15) is 4.79 Å². The van der Waals surface area contributed by atoms with E-state index >= 15 is 0 Å². The van der Waals surface area contributed by atoms with Crippen molar-refractivity contribution in [1.29, 1.82) is 0 Å². The molecule has 1 N–H and O–H groups in total. The number of rotatable bonds is 2. The van der Waals surface area contributed by atoms with Crippen molar-refractivity contribution in [2.45, 2.75) is 32.7 Å². The zero-order valence-electron chi connectivity index (χ0n) is 12.4. The van der Waals surface area contributed by atoms with Gasteiger partial charge in [0.1, 0.15) is 0 Å². The van der Waals surface area contributed by atoms with Gasteiger partial charge in [-0.15, -0.1) is 0 Å². The van der Waals surface area contributed by atoms with Crippen LogP contribution in [0.5, 0.6) is 0 Å². The van der Waals surface area contributed by atoms with Crippen molar-refractivity contribution in [3.63, 3.8) is 0 Å². The first kappa shape index (κ1) is 13.5. The summed E-state index contributed by atoms with van der Waals surface area (Å²) in [6, 6.07) is 8.16. The zero-order chi connectivity index (χ0) is 15.0. The third kappa shape index (κ3) is 2.46. The van der Waals surface area contributed by atoms with Crippen LogP contribution in [0.4, 0.5) is 0 Å². The first-order valence-electron chi connectivity index (χ1n) is 6.94. The summed E-state index contributed by atoms with van der Waals surface area (Å²) in [7, 11) is 0. The number of nitrogens with one attached hydrogen (secondary N) is 1. The lowest BCUT2D eigenvalue weighted by atomic mass is 9.84. The van der Waals surface area contributed by atoms with Gasteiger partial charge in [0, 0.05) is 0 Å². The highest BCUT2D eigenvalue weighted by Gasteiger charge is 2.18. The molecule has 0 aliphatic rings. The molecular formula is C16H18N4O. The Kier molecular flexibility index (Phi) is 3.12. The molecule has 0 aliphatic carbocycles. The first-order valence-corrected chi connectivity index (χ1v) is 6.94. The van der Waals surface area contributed by atoms with Crippen molar-refractivity contribution in [3.8, 4) is 0 Å². The lowest BCUT2D eigenvalue weighted by Gasteiger charge is -2.23. The number of fused-ring (bicyclic) bond motifs is 1. The maximum Gasteiger partial charge on any atom is 0.295 e. The van der Waals surface area contributed by atoms with Crippen molar-refractivity contribution in [2.24, 2.45) is 0 Å². The number of aromatic nitrogens is 4. The highest BCUT2D eigenvalue weighted by atomic mass is 16.1. The quantitative estimate of drug-likeness (QED) is 0.785. The number of hydrogen-bond acceptors (Lipinski definition) is 3. The number of imidazole rings is 1. The fraction of sp³-hybridized carbons (Fsp3) is 0.312. The monoisotopic (exact) mass is 282 g/mol. The largest absolute Gasteiger partial charge is 0.343 e. The van der Waals surface area contributed by atoms with E-state index in [1.807, 2.05) is 18.2 Å². The number of hydrogen-bond donors (Lipinski definition) is 1. The molecule has 0 atom stereocenters. The van der Waals surface area contributed by atoms with Gasteiger partial charge in [0.05, 0.1) is 24.6 Å². The lowest BCUT2D eigenvalue weighted by Crippen LogP contribution is -2.25. The van der Waals surface area contributed by atoms with Crippen LogP contribution in [0.25, 0.3) is 11.0 Å². The van der Waals surface area contributed by atoms with Crippen LogP contribution >= 0.6 is 0 Å². The molecule has 1 aromatic carbocycles. The predicted molar refractivity (Wildman–Crippen MR) is 82.4 cm³/mol. The highest BCUT2D eigenvalue weighted by molar-refractivity contribution is 5.71. The van der Waals surface area contributed by atoms with Crippen LogP contribution < -0.4 is 5.56 Å². The molecular weight excluding hydrogens is 264 g/mol. The zero-order valence-corrected chi connectivity index (χ0v) is 12.4. The van der Waals surface area contributed by atoms with E-state index in [0.29, 0.717) is 17.6 Å². The van der Waals surface area contributed by atoms with E-state index in [-0.39, 0.29) is 11.0 Å². The van der Waals surface area contributed by atoms with Crippen LogP contribution in [0.15, 0.2) is 41.6 Å². The second-order valence-corrected chi connectivity index (χ2v) is 6.18. The second kappa shape index (κ2) is 4.84. The van der Waals surface area contributed by atoms with Crippen LogP contribution in [0.1, 0.15) is 31.9 Å². The minimum atomic E-state index is -0.169. The first-order chi connectivity index (χ1) is 9.97. The number of benzene rings is 1. The molecule has 0 amide bonds. The van der Waals surface area contributed by atoms with Crippen LogP contribution in [0, 0.1) is 0 Å². The average molecular weight is 282 g/mol. The Morgan fingerprint density at radius 1 is 1.24 bits per heavy atom. The summed E-state index contributed by atoms with van der Waals surface area (Å²) in [5.41, 5.74) is 3.28. The van der Waals surface area contributed by atoms with Crippen LogP contribution in [-0.4, -0.2) is 19.7 Å². The van der Waals surface area contributed by atoms with Crippen molar-refractivity contribution in [3.05, 3.63) is 58.3 Å². The molecule has 5 nitrogen and oxygen atoms in total. The molecule has 2 aromatic heterocycles. The molecule has 0 fully saturated rings. The Morgan fingerprint density at radius 3 is 2.76 bits per heavy atom. The van der Waals surface area contributed by atoms with E-state index in [1.165, 1.54) is 16.6 Å². The Labute approximate surface area is 122 Å². The van der Waals surface area contributed by atoms with Gasteiger partial charge in [0.15, 0.2) is 5.52 Å². The molecule has 0 aliphatic heterocycles. The number of H-pyrrole nitrogens is 1. The summed E-state index contributed by atoms with van der Waals surface area (Å²) < 4.78 is 1.47. The second-order valence-electron chi connectivity index (χ2n) is 6.18. The van der Waals surface area contributed by atoms with Crippen molar-refractivity contribution in [2.75, 3.05) is 0 Å². The van der Waals surface area contributed by atoms with Gasteiger partial charge in [0.25, 0.3) is 5.56 Å². The normalized spacial score (nSPS) is 12.0. The molecule has 3 rings (SSSR count). The van der Waals surface area contributed by atoms with E-state index < -0.39 is 0 Å². The smallest absolute Gasteiger partial charge is 0.295 e. The molecule has 5 heteroatoms. The van der Waals surface area contributed by atoms with E-state index in [4.69, 9.17) is 0 Å². The summed E-state index contributed by atoms with van der Waals surface area (Å²) in [5.74, 6) is 0. The number of nitrogens with zero attached hydrogens (tertiary/aromatic N) is 3.